The highest BCUT2D eigenvalue weighted by Gasteiger charge is 2.21. The van der Waals surface area contributed by atoms with E-state index in [1.165, 1.54) is 7.11 Å². The Morgan fingerprint density at radius 3 is 2.20 bits per heavy atom. The van der Waals surface area contributed by atoms with Crippen LogP contribution in [0.2, 0.25) is 5.02 Å². The van der Waals surface area contributed by atoms with Crippen molar-refractivity contribution in [1.82, 2.24) is 0 Å². The average Bonchev–Trinajstić information content (AvgIpc) is 2.15. The van der Waals surface area contributed by atoms with Crippen molar-refractivity contribution in [3.8, 4) is 11.5 Å². The van der Waals surface area contributed by atoms with Crippen molar-refractivity contribution in [2.24, 2.45) is 0 Å². The van der Waals surface area contributed by atoms with E-state index in [0.29, 0.717) is 27.5 Å². The van der Waals surface area contributed by atoms with Gasteiger partial charge in [-0.1, -0.05) is 11.6 Å². The minimum Gasteiger partial charge on any atom is -0.504 e. The summed E-state index contributed by atoms with van der Waals surface area (Å²) in [7, 11) is 1.46. The molecule has 1 atom stereocenters. The number of rotatable bonds is 2. The van der Waals surface area contributed by atoms with Crippen LogP contribution in [0.3, 0.4) is 0 Å². The summed E-state index contributed by atoms with van der Waals surface area (Å²) in [4.78, 5) is 0. The molecule has 2 N–H and O–H groups in total. The van der Waals surface area contributed by atoms with E-state index >= 15 is 0 Å². The van der Waals surface area contributed by atoms with E-state index in [4.69, 9.17) is 16.3 Å². The second-order valence-electron chi connectivity index (χ2n) is 3.54. The van der Waals surface area contributed by atoms with Crippen molar-refractivity contribution < 1.29 is 14.9 Å². The second-order valence-corrected chi connectivity index (χ2v) is 3.91. The van der Waals surface area contributed by atoms with Crippen molar-refractivity contribution in [3.63, 3.8) is 0 Å². The van der Waals surface area contributed by atoms with Crippen LogP contribution in [-0.4, -0.2) is 17.3 Å². The normalized spacial score (nSPS) is 12.7. The number of phenols is 1. The predicted octanol–water partition coefficient (Wildman–Crippen LogP) is 2.72. The Kier molecular flexibility index (Phi) is 3.47. The van der Waals surface area contributed by atoms with Gasteiger partial charge in [0.2, 0.25) is 0 Å². The van der Waals surface area contributed by atoms with Crippen molar-refractivity contribution in [2.75, 3.05) is 7.11 Å². The van der Waals surface area contributed by atoms with E-state index in [1.54, 1.807) is 20.8 Å². The smallest absolute Gasteiger partial charge is 0.165 e. The number of halogens is 1. The first-order valence-electron chi connectivity index (χ1n) is 4.65. The van der Waals surface area contributed by atoms with Gasteiger partial charge in [0.05, 0.1) is 18.2 Å². The third-order valence-corrected chi connectivity index (χ3v) is 3.06. The number of benzene rings is 1. The Hall–Kier alpha value is -0.930. The molecule has 0 aromatic heterocycles. The number of hydrogen-bond acceptors (Lipinski definition) is 3. The lowest BCUT2D eigenvalue weighted by molar-refractivity contribution is 0.193. The molecule has 0 aliphatic rings. The van der Waals surface area contributed by atoms with E-state index in [1.807, 2.05) is 0 Å². The molecule has 0 spiro atoms. The molecule has 0 fully saturated rings. The molecule has 3 nitrogen and oxygen atoms in total. The van der Waals surface area contributed by atoms with Crippen LogP contribution in [0.5, 0.6) is 11.5 Å². The van der Waals surface area contributed by atoms with E-state index in [-0.39, 0.29) is 5.75 Å². The maximum Gasteiger partial charge on any atom is 0.165 e. The number of methoxy groups -OCH3 is 1. The first-order valence-corrected chi connectivity index (χ1v) is 5.03. The van der Waals surface area contributed by atoms with Crippen LogP contribution in [0.1, 0.15) is 29.7 Å². The van der Waals surface area contributed by atoms with Crippen LogP contribution in [0.25, 0.3) is 0 Å². The monoisotopic (exact) mass is 230 g/mol. The van der Waals surface area contributed by atoms with Crippen molar-refractivity contribution in [1.29, 1.82) is 0 Å². The third kappa shape index (κ3) is 1.90. The molecule has 4 heteroatoms. The molecule has 0 aliphatic heterocycles. The van der Waals surface area contributed by atoms with Crippen LogP contribution >= 0.6 is 11.6 Å². The molecule has 1 unspecified atom stereocenters. The van der Waals surface area contributed by atoms with Gasteiger partial charge in [-0.3, -0.25) is 0 Å². The van der Waals surface area contributed by atoms with Gasteiger partial charge in [-0.25, -0.2) is 0 Å². The summed E-state index contributed by atoms with van der Waals surface area (Å²) >= 11 is 6.08. The fraction of sp³-hybridized carbons (Fsp3) is 0.455. The summed E-state index contributed by atoms with van der Waals surface area (Å²) in [5, 5.41) is 20.0. The Morgan fingerprint density at radius 1 is 1.27 bits per heavy atom. The van der Waals surface area contributed by atoms with Gasteiger partial charge in [0.1, 0.15) is 0 Å². The SMILES string of the molecule is COc1c(C)c(Cl)c(C)c(C(C)O)c1O. The highest BCUT2D eigenvalue weighted by Crippen LogP contribution is 2.43. The number of aliphatic hydroxyl groups is 1. The molecule has 0 saturated heterocycles. The zero-order valence-corrected chi connectivity index (χ0v) is 10.0. The Balaban J connectivity index is 3.60. The van der Waals surface area contributed by atoms with Crippen molar-refractivity contribution >= 4 is 11.6 Å². The molecule has 0 amide bonds. The van der Waals surface area contributed by atoms with E-state index < -0.39 is 6.10 Å². The first-order chi connectivity index (χ1) is 6.91. The average molecular weight is 231 g/mol. The lowest BCUT2D eigenvalue weighted by Crippen LogP contribution is -2.01. The topological polar surface area (TPSA) is 49.7 Å². The van der Waals surface area contributed by atoms with Gasteiger partial charge in [-0.15, -0.1) is 0 Å². The van der Waals surface area contributed by atoms with Crippen LogP contribution < -0.4 is 4.74 Å². The standard InChI is InChI=1S/C11H15ClO3/c1-5-8(7(3)13)10(14)11(15-4)6(2)9(5)12/h7,13-14H,1-4H3. The Labute approximate surface area is 94.3 Å². The Morgan fingerprint density at radius 2 is 1.80 bits per heavy atom. The summed E-state index contributed by atoms with van der Waals surface area (Å²) in [6.45, 7) is 5.10. The molecule has 0 radical (unpaired) electrons. The molecule has 1 rings (SSSR count). The summed E-state index contributed by atoms with van der Waals surface area (Å²) in [5.74, 6) is 0.286. The second kappa shape index (κ2) is 4.29. The molecule has 84 valence electrons. The zero-order chi connectivity index (χ0) is 11.7. The lowest BCUT2D eigenvalue weighted by atomic mass is 9.99. The van der Waals surface area contributed by atoms with Gasteiger partial charge in [0.15, 0.2) is 11.5 Å². The van der Waals surface area contributed by atoms with Gasteiger partial charge < -0.3 is 14.9 Å². The van der Waals surface area contributed by atoms with Crippen LogP contribution in [0.15, 0.2) is 0 Å². The summed E-state index contributed by atoms with van der Waals surface area (Å²) in [6, 6.07) is 0. The highest BCUT2D eigenvalue weighted by atomic mass is 35.5. The van der Waals surface area contributed by atoms with E-state index in [0.717, 1.165) is 0 Å². The van der Waals surface area contributed by atoms with Crippen LogP contribution in [0.4, 0.5) is 0 Å². The van der Waals surface area contributed by atoms with Gasteiger partial charge in [-0.05, 0) is 26.3 Å². The molecule has 0 heterocycles. The van der Waals surface area contributed by atoms with Crippen molar-refractivity contribution in [2.45, 2.75) is 26.9 Å². The van der Waals surface area contributed by atoms with Crippen LogP contribution in [-0.2, 0) is 0 Å². The number of hydrogen-bond donors (Lipinski definition) is 2. The first kappa shape index (κ1) is 12.1. The molecule has 0 saturated carbocycles. The fourth-order valence-electron chi connectivity index (χ4n) is 1.74. The molecule has 0 bridgehead atoms. The van der Waals surface area contributed by atoms with Crippen molar-refractivity contribution in [3.05, 3.63) is 21.7 Å². The third-order valence-electron chi connectivity index (χ3n) is 2.50. The quantitative estimate of drug-likeness (QED) is 0.822. The summed E-state index contributed by atoms with van der Waals surface area (Å²) in [5.41, 5.74) is 1.78. The Bertz CT molecular complexity index is 386. The molecular formula is C11H15ClO3. The fourth-order valence-corrected chi connectivity index (χ4v) is 1.93. The van der Waals surface area contributed by atoms with E-state index in [9.17, 15) is 10.2 Å². The molecular weight excluding hydrogens is 216 g/mol. The van der Waals surface area contributed by atoms with E-state index in [2.05, 4.69) is 0 Å². The highest BCUT2D eigenvalue weighted by molar-refractivity contribution is 6.32. The van der Waals surface area contributed by atoms with Gasteiger partial charge >= 0.3 is 0 Å². The lowest BCUT2D eigenvalue weighted by Gasteiger charge is -2.18. The minimum atomic E-state index is -0.781. The number of aromatic hydroxyl groups is 1. The van der Waals surface area contributed by atoms with Crippen LogP contribution in [0, 0.1) is 13.8 Å². The molecule has 0 aliphatic carbocycles. The molecule has 1 aromatic rings. The van der Waals surface area contributed by atoms with Gasteiger partial charge in [0.25, 0.3) is 0 Å². The largest absolute Gasteiger partial charge is 0.504 e. The number of ether oxygens (including phenoxy) is 1. The number of phenolic OH excluding ortho intramolecular Hbond substituents is 1. The molecule has 15 heavy (non-hydrogen) atoms. The maximum atomic E-state index is 9.90. The molecule has 1 aromatic carbocycles. The maximum absolute atomic E-state index is 9.90. The predicted molar refractivity (Wildman–Crippen MR) is 59.8 cm³/mol. The number of aliphatic hydroxyl groups excluding tert-OH is 1. The summed E-state index contributed by atoms with van der Waals surface area (Å²) in [6.07, 6.45) is -0.781. The van der Waals surface area contributed by atoms with Gasteiger partial charge in [0, 0.05) is 11.1 Å². The zero-order valence-electron chi connectivity index (χ0n) is 9.26. The summed E-state index contributed by atoms with van der Waals surface area (Å²) < 4.78 is 5.06. The van der Waals surface area contributed by atoms with Gasteiger partial charge in [-0.2, -0.15) is 0 Å². The minimum absolute atomic E-state index is 0.0353.